The first-order chi connectivity index (χ1) is 15.0. The van der Waals surface area contributed by atoms with Crippen LogP contribution in [0.4, 0.5) is 16.2 Å². The third-order valence-electron chi connectivity index (χ3n) is 4.57. The fraction of sp³-hybridized carbons (Fsp3) is 0.0870. The number of amides is 2. The highest BCUT2D eigenvalue weighted by Crippen LogP contribution is 2.24. The molecule has 2 heterocycles. The Labute approximate surface area is 183 Å². The van der Waals surface area contributed by atoms with Crippen molar-refractivity contribution in [2.75, 3.05) is 10.6 Å². The van der Waals surface area contributed by atoms with E-state index in [1.165, 1.54) is 10.5 Å². The van der Waals surface area contributed by atoms with Gasteiger partial charge in [0.05, 0.1) is 16.4 Å². The minimum atomic E-state index is -0.424. The van der Waals surface area contributed by atoms with Crippen LogP contribution in [0.5, 0.6) is 5.75 Å². The quantitative estimate of drug-likeness (QED) is 0.469. The van der Waals surface area contributed by atoms with Gasteiger partial charge in [0.1, 0.15) is 18.0 Å². The number of para-hydroxylation sites is 1. The Kier molecular flexibility index (Phi) is 5.86. The summed E-state index contributed by atoms with van der Waals surface area (Å²) in [7, 11) is 0. The molecule has 4 rings (SSSR count). The average molecular weight is 435 g/mol. The molecular weight excluding hydrogens is 416 g/mol. The lowest BCUT2D eigenvalue weighted by atomic mass is 10.2. The molecule has 0 saturated heterocycles. The molecule has 0 aliphatic heterocycles. The van der Waals surface area contributed by atoms with Gasteiger partial charge in [-0.3, -0.25) is 9.20 Å². The van der Waals surface area contributed by atoms with Gasteiger partial charge in [-0.05, 0) is 42.8 Å². The summed E-state index contributed by atoms with van der Waals surface area (Å²) < 4.78 is 7.35. The van der Waals surface area contributed by atoms with Crippen molar-refractivity contribution in [1.29, 1.82) is 0 Å². The van der Waals surface area contributed by atoms with Gasteiger partial charge in [0.25, 0.3) is 5.56 Å². The molecule has 0 aliphatic carbocycles. The number of anilines is 2. The summed E-state index contributed by atoms with van der Waals surface area (Å²) in [5.74, 6) is 0.575. The SMILES string of the molecule is Cc1ccc(NC(=O)Nc2ccccc2Cl)cc1OCc1cc(=O)n2ccccc2n1. The van der Waals surface area contributed by atoms with E-state index in [-0.39, 0.29) is 12.2 Å². The summed E-state index contributed by atoms with van der Waals surface area (Å²) in [5, 5.41) is 5.91. The number of fused-ring (bicyclic) bond motifs is 1. The molecule has 0 unspecified atom stereocenters. The second kappa shape index (κ2) is 8.89. The maximum Gasteiger partial charge on any atom is 0.323 e. The highest BCUT2D eigenvalue weighted by molar-refractivity contribution is 6.33. The first-order valence-electron chi connectivity index (χ1n) is 9.53. The summed E-state index contributed by atoms with van der Waals surface area (Å²) in [5.41, 5.74) is 2.85. The first kappa shape index (κ1) is 20.4. The number of halogens is 1. The number of rotatable bonds is 5. The summed E-state index contributed by atoms with van der Waals surface area (Å²) in [6.45, 7) is 2.02. The van der Waals surface area contributed by atoms with Crippen LogP contribution >= 0.6 is 11.6 Å². The lowest BCUT2D eigenvalue weighted by Crippen LogP contribution is -2.19. The number of hydrogen-bond donors (Lipinski definition) is 2. The number of carbonyl (C=O) groups excluding carboxylic acids is 1. The van der Waals surface area contributed by atoms with Crippen molar-refractivity contribution in [2.24, 2.45) is 0 Å². The predicted octanol–water partition coefficient (Wildman–Crippen LogP) is 4.88. The molecule has 31 heavy (non-hydrogen) atoms. The van der Waals surface area contributed by atoms with E-state index in [1.807, 2.05) is 19.1 Å². The van der Waals surface area contributed by atoms with Crippen LogP contribution in [0, 0.1) is 6.92 Å². The van der Waals surface area contributed by atoms with E-state index in [0.29, 0.717) is 33.5 Å². The van der Waals surface area contributed by atoms with Crippen LogP contribution in [0.2, 0.25) is 5.02 Å². The van der Waals surface area contributed by atoms with Gasteiger partial charge in [0.15, 0.2) is 0 Å². The number of ether oxygens (including phenoxy) is 1. The second-order valence-electron chi connectivity index (χ2n) is 6.84. The van der Waals surface area contributed by atoms with Gasteiger partial charge in [0.2, 0.25) is 0 Å². The Balaban J connectivity index is 1.46. The second-order valence-corrected chi connectivity index (χ2v) is 7.25. The standard InChI is InChI=1S/C23H19ClN4O3/c1-15-9-10-16(26-23(30)27-19-7-3-2-6-18(19)24)12-20(15)31-14-17-13-22(29)28-11-5-4-8-21(28)25-17/h2-13H,14H2,1H3,(H2,26,27,30). The van der Waals surface area contributed by atoms with Crippen molar-refractivity contribution in [3.8, 4) is 5.75 Å². The third-order valence-corrected chi connectivity index (χ3v) is 4.90. The summed E-state index contributed by atoms with van der Waals surface area (Å²) in [6, 6.07) is 18.7. The van der Waals surface area contributed by atoms with E-state index in [0.717, 1.165) is 5.56 Å². The summed E-state index contributed by atoms with van der Waals surface area (Å²) in [4.78, 5) is 29.0. The summed E-state index contributed by atoms with van der Waals surface area (Å²) >= 11 is 6.07. The molecule has 0 bridgehead atoms. The van der Waals surface area contributed by atoms with Crippen LogP contribution in [0.3, 0.4) is 0 Å². The van der Waals surface area contributed by atoms with E-state index in [2.05, 4.69) is 15.6 Å². The molecule has 0 spiro atoms. The van der Waals surface area contributed by atoms with Crippen LogP contribution in [-0.2, 0) is 6.61 Å². The van der Waals surface area contributed by atoms with Gasteiger partial charge in [-0.25, -0.2) is 9.78 Å². The minimum absolute atomic E-state index is 0.122. The molecular formula is C23H19ClN4O3. The molecule has 8 heteroatoms. The third kappa shape index (κ3) is 4.84. The molecule has 2 aromatic carbocycles. The highest BCUT2D eigenvalue weighted by atomic mass is 35.5. The number of pyridine rings is 1. The van der Waals surface area contributed by atoms with Crippen molar-refractivity contribution < 1.29 is 9.53 Å². The molecule has 7 nitrogen and oxygen atoms in total. The zero-order chi connectivity index (χ0) is 21.8. The van der Waals surface area contributed by atoms with Crippen molar-refractivity contribution in [1.82, 2.24) is 9.38 Å². The number of nitrogens with zero attached hydrogens (tertiary/aromatic N) is 2. The predicted molar refractivity (Wildman–Crippen MR) is 121 cm³/mol. The molecule has 156 valence electrons. The Morgan fingerprint density at radius 1 is 1.06 bits per heavy atom. The normalized spacial score (nSPS) is 10.6. The fourth-order valence-corrected chi connectivity index (χ4v) is 3.19. The lowest BCUT2D eigenvalue weighted by molar-refractivity contribution is 0.262. The number of hydrogen-bond acceptors (Lipinski definition) is 4. The van der Waals surface area contributed by atoms with Crippen molar-refractivity contribution in [2.45, 2.75) is 13.5 Å². The van der Waals surface area contributed by atoms with Gasteiger partial charge >= 0.3 is 6.03 Å². The fourth-order valence-electron chi connectivity index (χ4n) is 3.01. The molecule has 2 amide bonds. The smallest absolute Gasteiger partial charge is 0.323 e. The van der Waals surface area contributed by atoms with E-state index in [1.54, 1.807) is 54.7 Å². The number of urea groups is 1. The first-order valence-corrected chi connectivity index (χ1v) is 9.91. The Morgan fingerprint density at radius 2 is 1.87 bits per heavy atom. The largest absolute Gasteiger partial charge is 0.487 e. The van der Waals surface area contributed by atoms with Crippen LogP contribution in [0.25, 0.3) is 5.65 Å². The van der Waals surface area contributed by atoms with E-state index < -0.39 is 6.03 Å². The van der Waals surface area contributed by atoms with Crippen molar-refractivity contribution in [3.63, 3.8) is 0 Å². The molecule has 0 fully saturated rings. The Hall–Kier alpha value is -3.84. The minimum Gasteiger partial charge on any atom is -0.487 e. The maximum atomic E-state index is 12.3. The van der Waals surface area contributed by atoms with Crippen LogP contribution in [0.1, 0.15) is 11.3 Å². The van der Waals surface area contributed by atoms with Crippen LogP contribution in [0.15, 0.2) is 77.7 Å². The van der Waals surface area contributed by atoms with E-state index in [9.17, 15) is 9.59 Å². The van der Waals surface area contributed by atoms with Crippen LogP contribution < -0.4 is 20.9 Å². The number of benzene rings is 2. The van der Waals surface area contributed by atoms with Crippen molar-refractivity contribution >= 4 is 34.7 Å². The van der Waals surface area contributed by atoms with Gasteiger partial charge in [0, 0.05) is 24.0 Å². The Morgan fingerprint density at radius 3 is 2.71 bits per heavy atom. The number of nitrogens with one attached hydrogen (secondary N) is 2. The van der Waals surface area contributed by atoms with Crippen LogP contribution in [-0.4, -0.2) is 15.4 Å². The van der Waals surface area contributed by atoms with Gasteiger partial charge in [-0.15, -0.1) is 0 Å². The lowest BCUT2D eigenvalue weighted by Gasteiger charge is -2.13. The zero-order valence-corrected chi connectivity index (χ0v) is 17.4. The topological polar surface area (TPSA) is 84.7 Å². The summed E-state index contributed by atoms with van der Waals surface area (Å²) in [6.07, 6.45) is 1.67. The molecule has 4 aromatic rings. The number of aromatic nitrogens is 2. The van der Waals surface area contributed by atoms with E-state index >= 15 is 0 Å². The average Bonchev–Trinajstić information content (AvgIpc) is 2.76. The van der Waals surface area contributed by atoms with Gasteiger partial charge in [-0.1, -0.05) is 35.9 Å². The molecule has 0 atom stereocenters. The molecule has 2 aromatic heterocycles. The number of aryl methyl sites for hydroxylation is 1. The molecule has 2 N–H and O–H groups in total. The number of carbonyl (C=O) groups is 1. The molecule has 0 saturated carbocycles. The van der Waals surface area contributed by atoms with Crippen molar-refractivity contribution in [3.05, 3.63) is 99.6 Å². The highest BCUT2D eigenvalue weighted by Gasteiger charge is 2.09. The molecule has 0 aliphatic rings. The zero-order valence-electron chi connectivity index (χ0n) is 16.6. The van der Waals surface area contributed by atoms with E-state index in [4.69, 9.17) is 16.3 Å². The monoisotopic (exact) mass is 434 g/mol. The van der Waals surface area contributed by atoms with Gasteiger partial charge in [-0.2, -0.15) is 0 Å². The molecule has 0 radical (unpaired) electrons. The van der Waals surface area contributed by atoms with Gasteiger partial charge < -0.3 is 15.4 Å². The maximum absolute atomic E-state index is 12.3. The Bertz CT molecular complexity index is 1320.